The predicted octanol–water partition coefficient (Wildman–Crippen LogP) is 4.79. The molecule has 1 saturated carbocycles. The Morgan fingerprint density at radius 2 is 1.75 bits per heavy atom. The topological polar surface area (TPSA) is 17.1 Å². The normalized spacial score (nSPS) is 23.6. The zero-order valence-electron chi connectivity index (χ0n) is 12.8. The van der Waals surface area contributed by atoms with Crippen LogP contribution in [-0.4, -0.2) is 5.78 Å². The van der Waals surface area contributed by atoms with E-state index in [0.29, 0.717) is 16.9 Å². The third-order valence-corrected chi connectivity index (χ3v) is 4.73. The van der Waals surface area contributed by atoms with Crippen molar-refractivity contribution < 1.29 is 9.18 Å². The summed E-state index contributed by atoms with van der Waals surface area (Å²) in [7, 11) is 0. The third-order valence-electron chi connectivity index (χ3n) is 4.73. The first kappa shape index (κ1) is 15.2. The summed E-state index contributed by atoms with van der Waals surface area (Å²) in [5.41, 5.74) is 0.870. The van der Waals surface area contributed by atoms with Crippen LogP contribution in [-0.2, 0) is 11.2 Å². The molecule has 1 aliphatic carbocycles. The van der Waals surface area contributed by atoms with Crippen molar-refractivity contribution >= 4 is 5.78 Å². The lowest BCUT2D eigenvalue weighted by atomic mass is 9.69. The van der Waals surface area contributed by atoms with Crippen molar-refractivity contribution in [1.29, 1.82) is 0 Å². The molecular weight excluding hydrogens is 251 g/mol. The summed E-state index contributed by atoms with van der Waals surface area (Å²) < 4.78 is 13.6. The van der Waals surface area contributed by atoms with Crippen molar-refractivity contribution in [3.8, 4) is 0 Å². The minimum Gasteiger partial charge on any atom is -0.299 e. The van der Waals surface area contributed by atoms with Crippen LogP contribution in [0.5, 0.6) is 0 Å². The van der Waals surface area contributed by atoms with E-state index >= 15 is 0 Å². The molecule has 0 heterocycles. The smallest absolute Gasteiger partial charge is 0.140 e. The van der Waals surface area contributed by atoms with Crippen molar-refractivity contribution in [3.63, 3.8) is 0 Å². The van der Waals surface area contributed by atoms with Crippen molar-refractivity contribution in [2.45, 2.75) is 52.9 Å². The Kier molecular flexibility index (Phi) is 4.62. The molecule has 0 radical (unpaired) electrons. The molecule has 2 rings (SSSR count). The number of ketones is 1. The van der Waals surface area contributed by atoms with Crippen LogP contribution < -0.4 is 0 Å². The van der Waals surface area contributed by atoms with E-state index in [-0.39, 0.29) is 23.9 Å². The van der Waals surface area contributed by atoms with Crippen LogP contribution in [0.1, 0.15) is 52.0 Å². The largest absolute Gasteiger partial charge is 0.299 e. The zero-order valence-corrected chi connectivity index (χ0v) is 12.8. The van der Waals surface area contributed by atoms with Gasteiger partial charge in [-0.15, -0.1) is 0 Å². The maximum absolute atomic E-state index is 13.6. The highest BCUT2D eigenvalue weighted by molar-refractivity contribution is 5.83. The molecule has 1 aromatic carbocycles. The molecule has 1 nitrogen and oxygen atoms in total. The van der Waals surface area contributed by atoms with E-state index in [1.165, 1.54) is 6.07 Å². The molecule has 0 spiro atoms. The first-order valence-corrected chi connectivity index (χ1v) is 7.64. The highest BCUT2D eigenvalue weighted by atomic mass is 19.1. The molecule has 2 heteroatoms. The van der Waals surface area contributed by atoms with Gasteiger partial charge in [0.05, 0.1) is 0 Å². The third kappa shape index (κ3) is 3.68. The van der Waals surface area contributed by atoms with Crippen LogP contribution in [0.4, 0.5) is 4.39 Å². The van der Waals surface area contributed by atoms with Crippen LogP contribution in [0.2, 0.25) is 0 Å². The molecule has 0 aromatic heterocycles. The molecule has 0 bridgehead atoms. The molecule has 0 unspecified atom stereocenters. The van der Waals surface area contributed by atoms with Gasteiger partial charge in [-0.05, 0) is 48.6 Å². The summed E-state index contributed by atoms with van der Waals surface area (Å²) >= 11 is 0. The standard InChI is InChI=1S/C18H25FO/c1-18(2,3)15-10-8-13(9-11-15)17(20)12-14-6-4-5-7-16(14)19/h4-7,13,15H,8-12H2,1-3H3. The fraction of sp³-hybridized carbons (Fsp3) is 0.611. The predicted molar refractivity (Wildman–Crippen MR) is 80.0 cm³/mol. The number of rotatable bonds is 3. The van der Waals surface area contributed by atoms with E-state index in [0.717, 1.165) is 25.7 Å². The Bertz CT molecular complexity index is 465. The Morgan fingerprint density at radius 3 is 2.30 bits per heavy atom. The second kappa shape index (κ2) is 6.07. The summed E-state index contributed by atoms with van der Waals surface area (Å²) in [5, 5.41) is 0. The van der Waals surface area contributed by atoms with Crippen LogP contribution in [0.3, 0.4) is 0 Å². The van der Waals surface area contributed by atoms with Gasteiger partial charge < -0.3 is 0 Å². The number of carbonyl (C=O) groups excluding carboxylic acids is 1. The summed E-state index contributed by atoms with van der Waals surface area (Å²) in [6, 6.07) is 6.60. The van der Waals surface area contributed by atoms with Gasteiger partial charge in [0.1, 0.15) is 11.6 Å². The van der Waals surface area contributed by atoms with Gasteiger partial charge in [0.15, 0.2) is 0 Å². The molecule has 0 atom stereocenters. The van der Waals surface area contributed by atoms with Gasteiger partial charge in [0, 0.05) is 12.3 Å². The zero-order chi connectivity index (χ0) is 14.8. The lowest BCUT2D eigenvalue weighted by Gasteiger charge is -2.36. The quantitative estimate of drug-likeness (QED) is 0.775. The number of carbonyl (C=O) groups is 1. The van der Waals surface area contributed by atoms with Crippen molar-refractivity contribution in [1.82, 2.24) is 0 Å². The fourth-order valence-electron chi connectivity index (χ4n) is 3.26. The molecular formula is C18H25FO. The highest BCUT2D eigenvalue weighted by Gasteiger charge is 2.32. The van der Waals surface area contributed by atoms with E-state index in [2.05, 4.69) is 20.8 Å². The van der Waals surface area contributed by atoms with Crippen molar-refractivity contribution in [2.75, 3.05) is 0 Å². The first-order valence-electron chi connectivity index (χ1n) is 7.64. The maximum Gasteiger partial charge on any atom is 0.140 e. The van der Waals surface area contributed by atoms with Gasteiger partial charge >= 0.3 is 0 Å². The SMILES string of the molecule is CC(C)(C)C1CCC(C(=O)Cc2ccccc2F)CC1. The van der Waals surface area contributed by atoms with Crippen molar-refractivity contribution in [3.05, 3.63) is 35.6 Å². The van der Waals surface area contributed by atoms with Gasteiger partial charge in [0.2, 0.25) is 0 Å². The molecule has 0 aliphatic heterocycles. The summed E-state index contributed by atoms with van der Waals surface area (Å²) in [5.74, 6) is 0.792. The van der Waals surface area contributed by atoms with E-state index in [4.69, 9.17) is 0 Å². The van der Waals surface area contributed by atoms with Gasteiger partial charge in [-0.25, -0.2) is 4.39 Å². The molecule has 110 valence electrons. The van der Waals surface area contributed by atoms with Gasteiger partial charge in [-0.2, -0.15) is 0 Å². The Morgan fingerprint density at radius 1 is 1.15 bits per heavy atom. The van der Waals surface area contributed by atoms with Gasteiger partial charge in [-0.1, -0.05) is 39.0 Å². The van der Waals surface area contributed by atoms with Crippen LogP contribution in [0.15, 0.2) is 24.3 Å². The maximum atomic E-state index is 13.6. The minimum absolute atomic E-state index is 0.133. The summed E-state index contributed by atoms with van der Waals surface area (Å²) in [6.45, 7) is 6.83. The fourth-order valence-corrected chi connectivity index (χ4v) is 3.26. The summed E-state index contributed by atoms with van der Waals surface area (Å²) in [4.78, 5) is 12.3. The molecule has 0 amide bonds. The van der Waals surface area contributed by atoms with Crippen molar-refractivity contribution in [2.24, 2.45) is 17.3 Å². The van der Waals surface area contributed by atoms with E-state index in [1.54, 1.807) is 18.2 Å². The van der Waals surface area contributed by atoms with Crippen LogP contribution >= 0.6 is 0 Å². The van der Waals surface area contributed by atoms with Crippen LogP contribution in [0, 0.1) is 23.1 Å². The lowest BCUT2D eigenvalue weighted by molar-refractivity contribution is -0.123. The lowest BCUT2D eigenvalue weighted by Crippen LogP contribution is -2.29. The number of halogens is 1. The average molecular weight is 276 g/mol. The number of hydrogen-bond donors (Lipinski definition) is 0. The number of benzene rings is 1. The minimum atomic E-state index is -0.260. The average Bonchev–Trinajstić information content (AvgIpc) is 2.40. The molecule has 1 aliphatic rings. The van der Waals surface area contributed by atoms with Crippen LogP contribution in [0.25, 0.3) is 0 Å². The Hall–Kier alpha value is -1.18. The Balaban J connectivity index is 1.91. The summed E-state index contributed by atoms with van der Waals surface area (Å²) in [6.07, 6.45) is 4.43. The highest BCUT2D eigenvalue weighted by Crippen LogP contribution is 2.40. The van der Waals surface area contributed by atoms with E-state index in [9.17, 15) is 9.18 Å². The second-order valence-electron chi connectivity index (χ2n) is 7.15. The second-order valence-corrected chi connectivity index (χ2v) is 7.15. The molecule has 0 N–H and O–H groups in total. The number of hydrogen-bond acceptors (Lipinski definition) is 1. The molecule has 20 heavy (non-hydrogen) atoms. The molecule has 1 fully saturated rings. The van der Waals surface area contributed by atoms with Gasteiger partial charge in [0.25, 0.3) is 0 Å². The monoisotopic (exact) mass is 276 g/mol. The van der Waals surface area contributed by atoms with E-state index < -0.39 is 0 Å². The first-order chi connectivity index (χ1) is 9.38. The number of Topliss-reactive ketones (excluding diaryl/α,β-unsaturated/α-hetero) is 1. The van der Waals surface area contributed by atoms with E-state index in [1.807, 2.05) is 0 Å². The van der Waals surface area contributed by atoms with Gasteiger partial charge in [-0.3, -0.25) is 4.79 Å². The molecule has 1 aromatic rings. The Labute approximate surface area is 121 Å². The molecule has 0 saturated heterocycles.